The van der Waals surface area contributed by atoms with Crippen LogP contribution in [0.2, 0.25) is 0 Å². The van der Waals surface area contributed by atoms with Crippen LogP contribution < -0.4 is 15.8 Å². The van der Waals surface area contributed by atoms with Crippen LogP contribution in [0, 0.1) is 0 Å². The van der Waals surface area contributed by atoms with E-state index < -0.39 is 0 Å². The minimum Gasteiger partial charge on any atom is -0.493 e. The van der Waals surface area contributed by atoms with Gasteiger partial charge in [-0.1, -0.05) is 12.1 Å². The van der Waals surface area contributed by atoms with E-state index in [0.29, 0.717) is 6.54 Å². The van der Waals surface area contributed by atoms with Gasteiger partial charge in [-0.25, -0.2) is 0 Å². The maximum Gasteiger partial charge on any atom is 0.233 e. The van der Waals surface area contributed by atoms with E-state index in [1.807, 2.05) is 6.07 Å². The Hall–Kier alpha value is -1.55. The van der Waals surface area contributed by atoms with E-state index in [0.717, 1.165) is 31.6 Å². The van der Waals surface area contributed by atoms with Crippen LogP contribution in [-0.2, 0) is 17.6 Å². The van der Waals surface area contributed by atoms with Gasteiger partial charge >= 0.3 is 0 Å². The third-order valence-corrected chi connectivity index (χ3v) is 2.89. The molecule has 1 aromatic rings. The van der Waals surface area contributed by atoms with Crippen LogP contribution in [-0.4, -0.2) is 25.6 Å². The van der Waals surface area contributed by atoms with E-state index in [-0.39, 0.29) is 12.5 Å². The Bertz CT molecular complexity index is 404. The minimum absolute atomic E-state index is 0.0536. The van der Waals surface area contributed by atoms with Crippen molar-refractivity contribution in [1.29, 1.82) is 0 Å². The summed E-state index contributed by atoms with van der Waals surface area (Å²) in [6.07, 6.45) is 3.00. The fourth-order valence-electron chi connectivity index (χ4n) is 1.99. The van der Waals surface area contributed by atoms with Crippen molar-refractivity contribution in [2.75, 3.05) is 19.7 Å². The molecule has 0 atom stereocenters. The SMILES string of the molecule is NCC(=O)NCCc1ccc2c(c1)CCCO2. The molecule has 1 heterocycles. The molecule has 0 bridgehead atoms. The number of nitrogens with one attached hydrogen (secondary N) is 1. The van der Waals surface area contributed by atoms with Gasteiger partial charge in [0.25, 0.3) is 0 Å². The topological polar surface area (TPSA) is 64.4 Å². The summed E-state index contributed by atoms with van der Waals surface area (Å²) >= 11 is 0. The number of aryl methyl sites for hydroxylation is 1. The Balaban J connectivity index is 1.91. The third-order valence-electron chi connectivity index (χ3n) is 2.89. The molecule has 1 amide bonds. The second kappa shape index (κ2) is 5.68. The zero-order valence-electron chi connectivity index (χ0n) is 9.87. The van der Waals surface area contributed by atoms with E-state index in [4.69, 9.17) is 10.5 Å². The second-order valence-electron chi connectivity index (χ2n) is 4.20. The predicted octanol–water partition coefficient (Wildman–Crippen LogP) is 0.629. The number of rotatable bonds is 4. The third kappa shape index (κ3) is 3.20. The van der Waals surface area contributed by atoms with Crippen molar-refractivity contribution in [2.45, 2.75) is 19.3 Å². The van der Waals surface area contributed by atoms with Crippen molar-refractivity contribution in [1.82, 2.24) is 5.32 Å². The Labute approximate surface area is 101 Å². The summed E-state index contributed by atoms with van der Waals surface area (Å²) in [5.41, 5.74) is 7.72. The average molecular weight is 234 g/mol. The summed E-state index contributed by atoms with van der Waals surface area (Å²) in [6.45, 7) is 1.51. The van der Waals surface area contributed by atoms with Gasteiger partial charge in [0.1, 0.15) is 5.75 Å². The Morgan fingerprint density at radius 3 is 3.18 bits per heavy atom. The van der Waals surface area contributed by atoms with Gasteiger partial charge in [-0.05, 0) is 36.5 Å². The normalized spacial score (nSPS) is 13.7. The second-order valence-corrected chi connectivity index (χ2v) is 4.20. The number of nitrogens with two attached hydrogens (primary N) is 1. The molecule has 2 rings (SSSR count). The first-order chi connectivity index (χ1) is 8.29. The number of carbonyl (C=O) groups excluding carboxylic acids is 1. The first kappa shape index (κ1) is 11.9. The highest BCUT2D eigenvalue weighted by Gasteiger charge is 2.10. The van der Waals surface area contributed by atoms with Crippen LogP contribution >= 0.6 is 0 Å². The Morgan fingerprint density at radius 1 is 1.47 bits per heavy atom. The van der Waals surface area contributed by atoms with Gasteiger partial charge in [0.15, 0.2) is 0 Å². The number of fused-ring (bicyclic) bond motifs is 1. The molecular weight excluding hydrogens is 216 g/mol. The summed E-state index contributed by atoms with van der Waals surface area (Å²) in [5, 5.41) is 2.77. The van der Waals surface area contributed by atoms with Crippen molar-refractivity contribution < 1.29 is 9.53 Å². The molecule has 0 fully saturated rings. The van der Waals surface area contributed by atoms with Gasteiger partial charge < -0.3 is 15.8 Å². The minimum atomic E-state index is -0.105. The van der Waals surface area contributed by atoms with E-state index in [1.54, 1.807) is 0 Å². The lowest BCUT2D eigenvalue weighted by Crippen LogP contribution is -2.31. The van der Waals surface area contributed by atoms with E-state index in [2.05, 4.69) is 17.4 Å². The van der Waals surface area contributed by atoms with Crippen LogP contribution in [0.15, 0.2) is 18.2 Å². The molecule has 0 saturated heterocycles. The highest BCUT2D eigenvalue weighted by molar-refractivity contribution is 5.77. The number of carbonyl (C=O) groups is 1. The molecule has 0 spiro atoms. The van der Waals surface area contributed by atoms with Crippen LogP contribution in [0.3, 0.4) is 0 Å². The molecule has 92 valence electrons. The first-order valence-corrected chi connectivity index (χ1v) is 6.01. The summed E-state index contributed by atoms with van der Waals surface area (Å²) in [7, 11) is 0. The molecule has 1 aliphatic heterocycles. The van der Waals surface area contributed by atoms with Crippen LogP contribution in [0.4, 0.5) is 0 Å². The highest BCUT2D eigenvalue weighted by atomic mass is 16.5. The van der Waals surface area contributed by atoms with Crippen molar-refractivity contribution in [3.63, 3.8) is 0 Å². The summed E-state index contributed by atoms with van der Waals surface area (Å²) in [6, 6.07) is 6.25. The molecular formula is C13H18N2O2. The summed E-state index contributed by atoms with van der Waals surface area (Å²) in [4.78, 5) is 11.0. The number of ether oxygens (including phenoxy) is 1. The van der Waals surface area contributed by atoms with Gasteiger partial charge in [0.2, 0.25) is 5.91 Å². The van der Waals surface area contributed by atoms with E-state index in [1.165, 1.54) is 11.1 Å². The molecule has 0 radical (unpaired) electrons. The number of hydrogen-bond donors (Lipinski definition) is 2. The largest absolute Gasteiger partial charge is 0.493 e. The molecule has 0 aromatic heterocycles. The molecule has 4 nitrogen and oxygen atoms in total. The molecule has 4 heteroatoms. The number of benzene rings is 1. The van der Waals surface area contributed by atoms with Crippen LogP contribution in [0.25, 0.3) is 0 Å². The van der Waals surface area contributed by atoms with Gasteiger partial charge in [-0.3, -0.25) is 4.79 Å². The van der Waals surface area contributed by atoms with Crippen molar-refractivity contribution >= 4 is 5.91 Å². The lowest BCUT2D eigenvalue weighted by atomic mass is 10.0. The monoisotopic (exact) mass is 234 g/mol. The highest BCUT2D eigenvalue weighted by Crippen LogP contribution is 2.25. The Morgan fingerprint density at radius 2 is 2.35 bits per heavy atom. The van der Waals surface area contributed by atoms with Crippen LogP contribution in [0.1, 0.15) is 17.5 Å². The predicted molar refractivity (Wildman–Crippen MR) is 66.0 cm³/mol. The van der Waals surface area contributed by atoms with Crippen molar-refractivity contribution in [2.24, 2.45) is 5.73 Å². The van der Waals surface area contributed by atoms with Gasteiger partial charge in [-0.2, -0.15) is 0 Å². The summed E-state index contributed by atoms with van der Waals surface area (Å²) < 4.78 is 5.55. The van der Waals surface area contributed by atoms with E-state index >= 15 is 0 Å². The molecule has 0 unspecified atom stereocenters. The maximum absolute atomic E-state index is 11.0. The zero-order valence-corrected chi connectivity index (χ0v) is 9.87. The zero-order chi connectivity index (χ0) is 12.1. The fourth-order valence-corrected chi connectivity index (χ4v) is 1.99. The molecule has 0 saturated carbocycles. The average Bonchev–Trinajstić information content (AvgIpc) is 2.38. The van der Waals surface area contributed by atoms with Gasteiger partial charge in [-0.15, -0.1) is 0 Å². The Kier molecular flexibility index (Phi) is 3.98. The smallest absolute Gasteiger partial charge is 0.233 e. The lowest BCUT2D eigenvalue weighted by molar-refractivity contribution is -0.119. The number of amides is 1. The van der Waals surface area contributed by atoms with Crippen molar-refractivity contribution in [3.8, 4) is 5.75 Å². The molecule has 0 aliphatic carbocycles. The number of hydrogen-bond acceptors (Lipinski definition) is 3. The van der Waals surface area contributed by atoms with E-state index in [9.17, 15) is 4.79 Å². The molecule has 3 N–H and O–H groups in total. The maximum atomic E-state index is 11.0. The first-order valence-electron chi connectivity index (χ1n) is 6.01. The standard InChI is InChI=1S/C13H18N2O2/c14-9-13(16)15-6-5-10-3-4-12-11(8-10)2-1-7-17-12/h3-4,8H,1-2,5-7,9,14H2,(H,15,16). The summed E-state index contributed by atoms with van der Waals surface area (Å²) in [5.74, 6) is 0.900. The lowest BCUT2D eigenvalue weighted by Gasteiger charge is -2.17. The molecule has 1 aromatic carbocycles. The van der Waals surface area contributed by atoms with Crippen LogP contribution in [0.5, 0.6) is 5.75 Å². The molecule has 1 aliphatic rings. The van der Waals surface area contributed by atoms with Gasteiger partial charge in [0.05, 0.1) is 13.2 Å². The molecule has 17 heavy (non-hydrogen) atoms. The fraction of sp³-hybridized carbons (Fsp3) is 0.462. The quantitative estimate of drug-likeness (QED) is 0.803. The van der Waals surface area contributed by atoms with Gasteiger partial charge in [0, 0.05) is 6.54 Å². The van der Waals surface area contributed by atoms with Crippen molar-refractivity contribution in [3.05, 3.63) is 29.3 Å².